The Bertz CT molecular complexity index is 638. The largest absolute Gasteiger partial charge is 0.465 e. The predicted molar refractivity (Wildman–Crippen MR) is 66.2 cm³/mol. The Morgan fingerprint density at radius 2 is 2.22 bits per heavy atom. The molecule has 0 aliphatic rings. The molecule has 5 nitrogen and oxygen atoms in total. The lowest BCUT2D eigenvalue weighted by atomic mass is 10.1. The van der Waals surface area contributed by atoms with Gasteiger partial charge in [-0.15, -0.1) is 0 Å². The highest BCUT2D eigenvalue weighted by Gasteiger charge is 2.12. The van der Waals surface area contributed by atoms with Crippen molar-refractivity contribution in [3.05, 3.63) is 47.8 Å². The summed E-state index contributed by atoms with van der Waals surface area (Å²) in [5, 5.41) is 8.96. The molecule has 0 unspecified atom stereocenters. The van der Waals surface area contributed by atoms with E-state index in [2.05, 4.69) is 10.8 Å². The van der Waals surface area contributed by atoms with E-state index in [-0.39, 0.29) is 5.56 Å². The van der Waals surface area contributed by atoms with E-state index in [0.717, 1.165) is 0 Å². The van der Waals surface area contributed by atoms with E-state index in [1.54, 1.807) is 41.1 Å². The van der Waals surface area contributed by atoms with Crippen LogP contribution < -0.4 is 5.73 Å². The zero-order chi connectivity index (χ0) is 13.1. The van der Waals surface area contributed by atoms with E-state index in [4.69, 9.17) is 11.0 Å². The predicted octanol–water partition coefficient (Wildman–Crippen LogP) is 1.72. The van der Waals surface area contributed by atoms with Gasteiger partial charge in [-0.2, -0.15) is 5.26 Å². The number of carbonyl (C=O) groups excluding carboxylic acids is 1. The molecule has 5 heteroatoms. The number of anilines is 1. The molecular weight excluding hydrogens is 230 g/mol. The molecule has 0 bridgehead atoms. The van der Waals surface area contributed by atoms with Crippen LogP contribution in [-0.4, -0.2) is 17.6 Å². The lowest BCUT2D eigenvalue weighted by Crippen LogP contribution is -2.07. The summed E-state index contributed by atoms with van der Waals surface area (Å²) in [5.74, 6) is -0.500. The summed E-state index contributed by atoms with van der Waals surface area (Å²) in [5.41, 5.74) is 7.51. The number of esters is 1. The Hall–Kier alpha value is -2.74. The molecule has 0 atom stereocenters. The molecule has 2 N–H and O–H groups in total. The number of methoxy groups -OCH3 is 1. The average molecular weight is 241 g/mol. The first-order valence-corrected chi connectivity index (χ1v) is 5.23. The van der Waals surface area contributed by atoms with Crippen molar-refractivity contribution in [1.29, 1.82) is 5.26 Å². The second-order valence-corrected chi connectivity index (χ2v) is 3.64. The van der Waals surface area contributed by atoms with Crippen molar-refractivity contribution in [3.8, 4) is 11.8 Å². The topological polar surface area (TPSA) is 81.0 Å². The molecule has 0 saturated heterocycles. The first kappa shape index (κ1) is 11.7. The van der Waals surface area contributed by atoms with Gasteiger partial charge < -0.3 is 15.0 Å². The maximum absolute atomic E-state index is 11.5. The Kier molecular flexibility index (Phi) is 3.02. The summed E-state index contributed by atoms with van der Waals surface area (Å²) in [6.07, 6.45) is 1.74. The van der Waals surface area contributed by atoms with E-state index in [1.807, 2.05) is 0 Å². The van der Waals surface area contributed by atoms with Gasteiger partial charge in [0.25, 0.3) is 0 Å². The van der Waals surface area contributed by atoms with E-state index < -0.39 is 5.97 Å². The third kappa shape index (κ3) is 1.92. The molecule has 0 radical (unpaired) electrons. The van der Waals surface area contributed by atoms with Gasteiger partial charge in [0.05, 0.1) is 12.7 Å². The van der Waals surface area contributed by atoms with Crippen LogP contribution in [0.4, 0.5) is 5.69 Å². The number of hydrogen-bond donors (Lipinski definition) is 1. The van der Waals surface area contributed by atoms with Gasteiger partial charge in [0.2, 0.25) is 0 Å². The van der Waals surface area contributed by atoms with Gasteiger partial charge in [0, 0.05) is 17.6 Å². The van der Waals surface area contributed by atoms with Crippen LogP contribution in [0.1, 0.15) is 16.1 Å². The van der Waals surface area contributed by atoms with Gasteiger partial charge >= 0.3 is 5.97 Å². The number of nitrogen functional groups attached to an aromatic ring is 1. The van der Waals surface area contributed by atoms with Crippen molar-refractivity contribution in [2.75, 3.05) is 12.8 Å². The molecule has 1 aromatic heterocycles. The minimum atomic E-state index is -0.500. The third-order valence-electron chi connectivity index (χ3n) is 2.58. The highest BCUT2D eigenvalue weighted by Crippen LogP contribution is 2.19. The average Bonchev–Trinajstić information content (AvgIpc) is 2.86. The summed E-state index contributed by atoms with van der Waals surface area (Å²) < 4.78 is 6.33. The Morgan fingerprint density at radius 1 is 1.44 bits per heavy atom. The minimum Gasteiger partial charge on any atom is -0.465 e. The smallest absolute Gasteiger partial charge is 0.340 e. The lowest BCUT2D eigenvalue weighted by molar-refractivity contribution is 0.0602. The van der Waals surface area contributed by atoms with Crippen molar-refractivity contribution < 1.29 is 9.53 Å². The first-order valence-electron chi connectivity index (χ1n) is 5.23. The van der Waals surface area contributed by atoms with Gasteiger partial charge in [-0.3, -0.25) is 0 Å². The number of ether oxygens (including phenoxy) is 1. The van der Waals surface area contributed by atoms with Crippen LogP contribution in [0.5, 0.6) is 0 Å². The summed E-state index contributed by atoms with van der Waals surface area (Å²) in [7, 11) is 1.30. The monoisotopic (exact) mass is 241 g/mol. The molecule has 18 heavy (non-hydrogen) atoms. The van der Waals surface area contributed by atoms with Gasteiger partial charge in [-0.25, -0.2) is 4.79 Å². The molecule has 0 spiro atoms. The molecule has 0 aliphatic heterocycles. The van der Waals surface area contributed by atoms with Crippen LogP contribution >= 0.6 is 0 Å². The number of nitrogens with zero attached hydrogens (tertiary/aromatic N) is 2. The maximum atomic E-state index is 11.5. The number of carbonyl (C=O) groups is 1. The Labute approximate surface area is 104 Å². The molecule has 2 aromatic rings. The van der Waals surface area contributed by atoms with Crippen LogP contribution in [0.25, 0.3) is 5.69 Å². The number of hydrogen-bond acceptors (Lipinski definition) is 4. The summed E-state index contributed by atoms with van der Waals surface area (Å²) in [6, 6.07) is 10.5. The third-order valence-corrected chi connectivity index (χ3v) is 2.58. The first-order chi connectivity index (χ1) is 8.67. The Balaban J connectivity index is 2.55. The highest BCUT2D eigenvalue weighted by atomic mass is 16.5. The highest BCUT2D eigenvalue weighted by molar-refractivity contribution is 5.95. The molecule has 2 rings (SSSR count). The van der Waals surface area contributed by atoms with E-state index in [0.29, 0.717) is 17.1 Å². The van der Waals surface area contributed by atoms with Gasteiger partial charge in [-0.1, -0.05) is 0 Å². The molecule has 90 valence electrons. The van der Waals surface area contributed by atoms with Crippen molar-refractivity contribution in [3.63, 3.8) is 0 Å². The van der Waals surface area contributed by atoms with Crippen LogP contribution in [0.3, 0.4) is 0 Å². The number of benzene rings is 1. The van der Waals surface area contributed by atoms with E-state index in [1.165, 1.54) is 7.11 Å². The zero-order valence-corrected chi connectivity index (χ0v) is 9.75. The number of nitrogens with two attached hydrogens (primary N) is 1. The molecule has 1 aromatic carbocycles. The fraction of sp³-hybridized carbons (Fsp3) is 0.0769. The van der Waals surface area contributed by atoms with Crippen molar-refractivity contribution in [2.24, 2.45) is 0 Å². The Morgan fingerprint density at radius 3 is 2.89 bits per heavy atom. The van der Waals surface area contributed by atoms with Crippen LogP contribution in [-0.2, 0) is 4.74 Å². The van der Waals surface area contributed by atoms with Gasteiger partial charge in [-0.05, 0) is 30.3 Å². The van der Waals surface area contributed by atoms with Crippen LogP contribution in [0.2, 0.25) is 0 Å². The molecule has 0 amide bonds. The van der Waals surface area contributed by atoms with Gasteiger partial charge in [0.1, 0.15) is 11.8 Å². The zero-order valence-electron chi connectivity index (χ0n) is 9.75. The second kappa shape index (κ2) is 4.63. The molecule has 1 heterocycles. The summed E-state index contributed by atoms with van der Waals surface area (Å²) in [6.45, 7) is 0. The molecule has 0 saturated carbocycles. The fourth-order valence-electron chi connectivity index (χ4n) is 1.68. The fourth-order valence-corrected chi connectivity index (χ4v) is 1.68. The molecular formula is C13H11N3O2. The standard InChI is InChI=1S/C13H11N3O2/c1-18-13(17)11-7-9(4-5-12(11)15)16-6-2-3-10(16)8-14/h2-7H,15H2,1H3. The van der Waals surface area contributed by atoms with E-state index >= 15 is 0 Å². The molecule has 0 fully saturated rings. The SMILES string of the molecule is COC(=O)c1cc(-n2cccc2C#N)ccc1N. The van der Waals surface area contributed by atoms with Crippen molar-refractivity contribution >= 4 is 11.7 Å². The quantitative estimate of drug-likeness (QED) is 0.641. The minimum absolute atomic E-state index is 0.285. The summed E-state index contributed by atoms with van der Waals surface area (Å²) in [4.78, 5) is 11.5. The number of aromatic nitrogens is 1. The normalized spacial score (nSPS) is 9.78. The van der Waals surface area contributed by atoms with Crippen LogP contribution in [0, 0.1) is 11.3 Å². The maximum Gasteiger partial charge on any atom is 0.340 e. The molecule has 0 aliphatic carbocycles. The number of rotatable bonds is 2. The van der Waals surface area contributed by atoms with E-state index in [9.17, 15) is 4.79 Å². The van der Waals surface area contributed by atoms with Crippen molar-refractivity contribution in [2.45, 2.75) is 0 Å². The lowest BCUT2D eigenvalue weighted by Gasteiger charge is -2.09. The number of nitriles is 1. The second-order valence-electron chi connectivity index (χ2n) is 3.64. The summed E-state index contributed by atoms with van der Waals surface area (Å²) >= 11 is 0. The van der Waals surface area contributed by atoms with Crippen LogP contribution in [0.15, 0.2) is 36.5 Å². The van der Waals surface area contributed by atoms with Gasteiger partial charge in [0.15, 0.2) is 0 Å². The van der Waals surface area contributed by atoms with Crippen molar-refractivity contribution in [1.82, 2.24) is 4.57 Å².